The maximum Gasteiger partial charge on any atom is 0.315 e. The third kappa shape index (κ3) is 3.81. The number of methoxy groups -OCH3 is 2. The van der Waals surface area contributed by atoms with Crippen molar-refractivity contribution in [2.75, 3.05) is 14.2 Å². The lowest BCUT2D eigenvalue weighted by Crippen LogP contribution is -2.34. The van der Waals surface area contributed by atoms with E-state index in [4.69, 9.17) is 4.74 Å². The quantitative estimate of drug-likeness (QED) is 0.741. The van der Waals surface area contributed by atoms with Crippen LogP contribution in [0.4, 0.5) is 0 Å². The van der Waals surface area contributed by atoms with Gasteiger partial charge < -0.3 is 9.47 Å². The number of ether oxygens (including phenoxy) is 2. The first-order chi connectivity index (χ1) is 9.04. The molecule has 0 bridgehead atoms. The fourth-order valence-electron chi connectivity index (χ4n) is 2.08. The lowest BCUT2D eigenvalue weighted by molar-refractivity contribution is -0.148. The molecule has 4 heteroatoms. The van der Waals surface area contributed by atoms with E-state index in [1.54, 1.807) is 0 Å². The van der Waals surface area contributed by atoms with Crippen molar-refractivity contribution in [2.45, 2.75) is 31.6 Å². The summed E-state index contributed by atoms with van der Waals surface area (Å²) in [5.74, 6) is -0.552. The predicted octanol–water partition coefficient (Wildman–Crippen LogP) is 2.46. The van der Waals surface area contributed by atoms with Gasteiger partial charge in [0, 0.05) is 6.42 Å². The Bertz CT molecular complexity index is 427. The minimum absolute atomic E-state index is 0.264. The van der Waals surface area contributed by atoms with Crippen LogP contribution in [0.5, 0.6) is 0 Å². The summed E-state index contributed by atoms with van der Waals surface area (Å²) in [6, 6.07) is 9.47. The molecule has 0 aliphatic carbocycles. The van der Waals surface area contributed by atoms with Gasteiger partial charge in [0.05, 0.1) is 19.6 Å². The Morgan fingerprint density at radius 3 is 2.26 bits per heavy atom. The standard InChI is InChI=1S/C15H20O4/c1-15(14(17)19-3,11-7-10-13(16)18-2)12-8-5-4-6-9-12/h4-6,8-9H,7,10-11H2,1-3H3/t15-/m0/s1. The fourth-order valence-corrected chi connectivity index (χ4v) is 2.08. The molecule has 0 saturated carbocycles. The highest BCUT2D eigenvalue weighted by Gasteiger charge is 2.35. The van der Waals surface area contributed by atoms with E-state index < -0.39 is 5.41 Å². The van der Waals surface area contributed by atoms with Crippen LogP contribution in [0.15, 0.2) is 30.3 Å². The van der Waals surface area contributed by atoms with Gasteiger partial charge in [0.15, 0.2) is 0 Å². The summed E-state index contributed by atoms with van der Waals surface area (Å²) < 4.78 is 9.50. The van der Waals surface area contributed by atoms with Crippen molar-refractivity contribution >= 4 is 11.9 Å². The summed E-state index contributed by atoms with van der Waals surface area (Å²) in [6.07, 6.45) is 1.42. The second-order valence-electron chi connectivity index (χ2n) is 4.62. The topological polar surface area (TPSA) is 52.6 Å². The van der Waals surface area contributed by atoms with Gasteiger partial charge in [-0.3, -0.25) is 9.59 Å². The van der Waals surface area contributed by atoms with E-state index >= 15 is 0 Å². The number of hydrogen-bond donors (Lipinski definition) is 0. The molecule has 0 spiro atoms. The van der Waals surface area contributed by atoms with Gasteiger partial charge in [-0.2, -0.15) is 0 Å². The second-order valence-corrected chi connectivity index (χ2v) is 4.62. The van der Waals surface area contributed by atoms with Crippen LogP contribution in [-0.2, 0) is 24.5 Å². The molecule has 104 valence electrons. The molecular formula is C15H20O4. The third-order valence-electron chi connectivity index (χ3n) is 3.33. The lowest BCUT2D eigenvalue weighted by atomic mass is 9.78. The molecule has 0 aromatic heterocycles. The Morgan fingerprint density at radius 1 is 1.11 bits per heavy atom. The van der Waals surface area contributed by atoms with Crippen LogP contribution in [0.1, 0.15) is 31.7 Å². The van der Waals surface area contributed by atoms with Gasteiger partial charge in [-0.15, -0.1) is 0 Å². The average molecular weight is 264 g/mol. The Labute approximate surface area is 113 Å². The van der Waals surface area contributed by atoms with Crippen LogP contribution in [0.3, 0.4) is 0 Å². The zero-order valence-corrected chi connectivity index (χ0v) is 11.6. The number of benzene rings is 1. The first-order valence-corrected chi connectivity index (χ1v) is 6.25. The molecule has 0 radical (unpaired) electrons. The first-order valence-electron chi connectivity index (χ1n) is 6.25. The normalized spacial score (nSPS) is 13.4. The smallest absolute Gasteiger partial charge is 0.315 e. The summed E-state index contributed by atoms with van der Waals surface area (Å²) in [5, 5.41) is 0. The van der Waals surface area contributed by atoms with E-state index in [9.17, 15) is 9.59 Å². The number of carbonyl (C=O) groups is 2. The Balaban J connectivity index is 2.83. The SMILES string of the molecule is COC(=O)CCC[C@](C)(C(=O)OC)c1ccccc1. The largest absolute Gasteiger partial charge is 0.469 e. The molecule has 0 N–H and O–H groups in total. The zero-order valence-electron chi connectivity index (χ0n) is 11.6. The number of esters is 2. The molecule has 1 atom stereocenters. The monoisotopic (exact) mass is 264 g/mol. The van der Waals surface area contributed by atoms with E-state index in [0.29, 0.717) is 19.3 Å². The van der Waals surface area contributed by atoms with Crippen LogP contribution in [-0.4, -0.2) is 26.2 Å². The molecule has 0 fully saturated rings. The van der Waals surface area contributed by atoms with Crippen molar-refractivity contribution in [1.82, 2.24) is 0 Å². The Morgan fingerprint density at radius 2 is 1.74 bits per heavy atom. The summed E-state index contributed by atoms with van der Waals surface area (Å²) in [7, 11) is 2.74. The molecule has 0 heterocycles. The highest BCUT2D eigenvalue weighted by molar-refractivity contribution is 5.82. The number of carbonyl (C=O) groups excluding carboxylic acids is 2. The van der Waals surface area contributed by atoms with Crippen molar-refractivity contribution in [1.29, 1.82) is 0 Å². The molecule has 0 aliphatic rings. The minimum Gasteiger partial charge on any atom is -0.469 e. The summed E-state index contributed by atoms with van der Waals surface area (Å²) in [6.45, 7) is 1.84. The molecule has 0 saturated heterocycles. The summed E-state index contributed by atoms with van der Waals surface area (Å²) in [4.78, 5) is 23.2. The minimum atomic E-state index is -0.732. The van der Waals surface area contributed by atoms with Crippen molar-refractivity contribution in [3.05, 3.63) is 35.9 Å². The van der Waals surface area contributed by atoms with E-state index in [2.05, 4.69) is 4.74 Å². The van der Waals surface area contributed by atoms with Crippen LogP contribution in [0.25, 0.3) is 0 Å². The van der Waals surface area contributed by atoms with Crippen molar-refractivity contribution in [3.8, 4) is 0 Å². The third-order valence-corrected chi connectivity index (χ3v) is 3.33. The van der Waals surface area contributed by atoms with E-state index in [1.807, 2.05) is 37.3 Å². The van der Waals surface area contributed by atoms with E-state index in [0.717, 1.165) is 5.56 Å². The predicted molar refractivity (Wildman–Crippen MR) is 71.7 cm³/mol. The fraction of sp³-hybridized carbons (Fsp3) is 0.467. The van der Waals surface area contributed by atoms with Gasteiger partial charge in [-0.25, -0.2) is 0 Å². The summed E-state index contributed by atoms with van der Waals surface area (Å²) in [5.41, 5.74) is 0.163. The van der Waals surface area contributed by atoms with Gasteiger partial charge in [-0.05, 0) is 25.3 Å². The first kappa shape index (κ1) is 15.2. The Kier molecular flexibility index (Phi) is 5.55. The van der Waals surface area contributed by atoms with E-state index in [-0.39, 0.29) is 11.9 Å². The van der Waals surface area contributed by atoms with Crippen molar-refractivity contribution in [3.63, 3.8) is 0 Å². The Hall–Kier alpha value is -1.84. The van der Waals surface area contributed by atoms with Gasteiger partial charge in [0.2, 0.25) is 0 Å². The molecule has 0 amide bonds. The van der Waals surface area contributed by atoms with Gasteiger partial charge in [-0.1, -0.05) is 30.3 Å². The van der Waals surface area contributed by atoms with Gasteiger partial charge in [0.1, 0.15) is 0 Å². The molecule has 1 aromatic rings. The number of hydrogen-bond acceptors (Lipinski definition) is 4. The maximum absolute atomic E-state index is 12.0. The lowest BCUT2D eigenvalue weighted by Gasteiger charge is -2.27. The maximum atomic E-state index is 12.0. The molecule has 4 nitrogen and oxygen atoms in total. The highest BCUT2D eigenvalue weighted by Crippen LogP contribution is 2.31. The molecule has 1 rings (SSSR count). The van der Waals surface area contributed by atoms with Crippen molar-refractivity contribution < 1.29 is 19.1 Å². The average Bonchev–Trinajstić information content (AvgIpc) is 2.46. The van der Waals surface area contributed by atoms with Crippen LogP contribution < -0.4 is 0 Å². The molecule has 0 unspecified atom stereocenters. The molecule has 19 heavy (non-hydrogen) atoms. The number of rotatable bonds is 6. The van der Waals surface area contributed by atoms with Crippen LogP contribution in [0.2, 0.25) is 0 Å². The van der Waals surface area contributed by atoms with Crippen molar-refractivity contribution in [2.24, 2.45) is 0 Å². The second kappa shape index (κ2) is 6.92. The summed E-state index contributed by atoms with van der Waals surface area (Å²) >= 11 is 0. The molecule has 0 aliphatic heterocycles. The van der Waals surface area contributed by atoms with Crippen LogP contribution >= 0.6 is 0 Å². The van der Waals surface area contributed by atoms with Gasteiger partial charge in [0.25, 0.3) is 0 Å². The molecule has 1 aromatic carbocycles. The van der Waals surface area contributed by atoms with E-state index in [1.165, 1.54) is 14.2 Å². The van der Waals surface area contributed by atoms with Crippen LogP contribution in [0, 0.1) is 0 Å². The van der Waals surface area contributed by atoms with Gasteiger partial charge >= 0.3 is 11.9 Å². The molecular weight excluding hydrogens is 244 g/mol. The zero-order chi connectivity index (χ0) is 14.3. The highest BCUT2D eigenvalue weighted by atomic mass is 16.5.